The molecular formula is C21H18F2N2O2S. The molecule has 0 saturated heterocycles. The van der Waals surface area contributed by atoms with Gasteiger partial charge in [0.25, 0.3) is 5.56 Å². The zero-order valence-electron chi connectivity index (χ0n) is 15.2. The summed E-state index contributed by atoms with van der Waals surface area (Å²) in [4.78, 5) is 25.7. The number of rotatable bonds is 4. The summed E-state index contributed by atoms with van der Waals surface area (Å²) in [6.07, 6.45) is 8.71. The number of pyridine rings is 1. The van der Waals surface area contributed by atoms with Crippen molar-refractivity contribution >= 4 is 27.8 Å². The quantitative estimate of drug-likeness (QED) is 0.745. The molecule has 2 heterocycles. The summed E-state index contributed by atoms with van der Waals surface area (Å²) in [6.45, 7) is 5.11. The number of H-pyrrole nitrogens is 1. The molecule has 7 heteroatoms. The third-order valence-electron chi connectivity index (χ3n) is 4.99. The van der Waals surface area contributed by atoms with E-state index >= 15 is 0 Å². The lowest BCUT2D eigenvalue weighted by Crippen LogP contribution is -2.21. The maximum absolute atomic E-state index is 14.9. The van der Waals surface area contributed by atoms with Gasteiger partial charge in [0.1, 0.15) is 21.9 Å². The van der Waals surface area contributed by atoms with Crippen LogP contribution < -0.4 is 11.0 Å². The van der Waals surface area contributed by atoms with Crippen LogP contribution in [0, 0.1) is 0 Å². The van der Waals surface area contributed by atoms with Gasteiger partial charge in [0.15, 0.2) is 5.43 Å². The maximum atomic E-state index is 14.9. The number of fused-ring (bicyclic) bond motifs is 2. The van der Waals surface area contributed by atoms with Crippen LogP contribution >= 0.6 is 11.5 Å². The van der Waals surface area contributed by atoms with Gasteiger partial charge in [0, 0.05) is 22.8 Å². The monoisotopic (exact) mass is 400 g/mol. The molecule has 2 aliphatic rings. The number of hydrogen-bond acceptors (Lipinski definition) is 3. The molecule has 2 aromatic rings. The Bertz CT molecular complexity index is 1230. The summed E-state index contributed by atoms with van der Waals surface area (Å²) < 4.78 is 33.9. The van der Waals surface area contributed by atoms with Crippen LogP contribution in [0.4, 0.5) is 8.78 Å². The van der Waals surface area contributed by atoms with E-state index in [0.29, 0.717) is 16.1 Å². The fourth-order valence-corrected chi connectivity index (χ4v) is 4.44. The standard InChI is InChI=1S/C21H18F2N2O2S/c1-3-5-12(15(22)4-2)14-10-17-13(8-9-16(14)23)19(26)18-20(27)24-28-21(18)25(17)11-6-7-11/h3-5,9-11H,1,6-8H2,2H3,(H,24,27)/b12-5-,15-4+. The van der Waals surface area contributed by atoms with Gasteiger partial charge >= 0.3 is 0 Å². The van der Waals surface area contributed by atoms with E-state index in [0.717, 1.165) is 24.4 Å². The van der Waals surface area contributed by atoms with Crippen molar-refractivity contribution in [3.8, 4) is 0 Å². The molecule has 0 bridgehead atoms. The van der Waals surface area contributed by atoms with Crippen molar-refractivity contribution in [1.82, 2.24) is 8.94 Å². The fourth-order valence-electron chi connectivity index (χ4n) is 3.52. The molecule has 0 spiro atoms. The Kier molecular flexibility index (Phi) is 4.63. The lowest BCUT2D eigenvalue weighted by Gasteiger charge is -2.15. The molecule has 4 nitrogen and oxygen atoms in total. The number of aromatic amines is 1. The van der Waals surface area contributed by atoms with Crippen molar-refractivity contribution in [1.29, 1.82) is 0 Å². The minimum absolute atomic E-state index is 0.0385. The van der Waals surface area contributed by atoms with E-state index in [1.807, 2.05) is 4.57 Å². The minimum atomic E-state index is -0.611. The van der Waals surface area contributed by atoms with Crippen molar-refractivity contribution in [2.75, 3.05) is 0 Å². The third kappa shape index (κ3) is 2.86. The normalized spacial score (nSPS) is 17.8. The first kappa shape index (κ1) is 18.6. The molecule has 1 N–H and O–H groups in total. The predicted octanol–water partition coefficient (Wildman–Crippen LogP) is 4.86. The van der Waals surface area contributed by atoms with E-state index in [4.69, 9.17) is 0 Å². The van der Waals surface area contributed by atoms with Gasteiger partial charge in [-0.15, -0.1) is 0 Å². The second-order valence-corrected chi connectivity index (χ2v) is 7.57. The van der Waals surface area contributed by atoms with Crippen LogP contribution in [-0.4, -0.2) is 8.94 Å². The van der Waals surface area contributed by atoms with Gasteiger partial charge in [0.05, 0.1) is 5.69 Å². The SMILES string of the molecule is C=C/C=C(C1=Cc2c(c(=O)c3c(=O)[nH]sc3n2C2CC2)CC=C1F)\C(F)=C/C. The summed E-state index contributed by atoms with van der Waals surface area (Å²) in [5.41, 5.74) is 0.195. The average Bonchev–Trinajstić information content (AvgIpc) is 3.46. The maximum Gasteiger partial charge on any atom is 0.271 e. The highest BCUT2D eigenvalue weighted by Gasteiger charge is 2.31. The van der Waals surface area contributed by atoms with Gasteiger partial charge in [0.2, 0.25) is 0 Å². The van der Waals surface area contributed by atoms with Crippen molar-refractivity contribution in [3.63, 3.8) is 0 Å². The van der Waals surface area contributed by atoms with Crippen molar-refractivity contribution in [2.45, 2.75) is 32.2 Å². The lowest BCUT2D eigenvalue weighted by atomic mass is 10.0. The molecule has 28 heavy (non-hydrogen) atoms. The highest BCUT2D eigenvalue weighted by atomic mass is 32.1. The zero-order valence-corrected chi connectivity index (χ0v) is 16.0. The Morgan fingerprint density at radius 2 is 2.14 bits per heavy atom. The molecule has 144 valence electrons. The van der Waals surface area contributed by atoms with Crippen molar-refractivity contribution < 1.29 is 8.78 Å². The Balaban J connectivity index is 2.10. The second-order valence-electron chi connectivity index (χ2n) is 6.77. The van der Waals surface area contributed by atoms with Crippen LogP contribution in [0.15, 0.2) is 63.3 Å². The number of nitrogens with one attached hydrogen (secondary N) is 1. The van der Waals surface area contributed by atoms with Gasteiger partial charge in [-0.25, -0.2) is 8.78 Å². The van der Waals surface area contributed by atoms with E-state index in [1.54, 1.807) is 0 Å². The number of nitrogens with zero attached hydrogens (tertiary/aromatic N) is 1. The molecule has 0 atom stereocenters. The Labute approximate surface area is 163 Å². The first-order valence-corrected chi connectivity index (χ1v) is 9.81. The van der Waals surface area contributed by atoms with Gasteiger partial charge in [-0.1, -0.05) is 24.8 Å². The van der Waals surface area contributed by atoms with Gasteiger partial charge in [-0.2, -0.15) is 0 Å². The van der Waals surface area contributed by atoms with Gasteiger partial charge in [-0.3, -0.25) is 14.0 Å². The second kappa shape index (κ2) is 6.98. The summed E-state index contributed by atoms with van der Waals surface area (Å²) in [7, 11) is 0. The van der Waals surface area contributed by atoms with E-state index in [1.165, 1.54) is 37.3 Å². The van der Waals surface area contributed by atoms with Crippen LogP contribution in [-0.2, 0) is 6.42 Å². The molecule has 1 saturated carbocycles. The van der Waals surface area contributed by atoms with Crippen molar-refractivity contribution in [2.24, 2.45) is 0 Å². The van der Waals surface area contributed by atoms with Gasteiger partial charge < -0.3 is 4.57 Å². The molecule has 0 unspecified atom stereocenters. The highest BCUT2D eigenvalue weighted by molar-refractivity contribution is 7.12. The Hall–Kier alpha value is -2.80. The molecule has 0 radical (unpaired) electrons. The number of hydrogen-bond donors (Lipinski definition) is 1. The topological polar surface area (TPSA) is 54.9 Å². The van der Waals surface area contributed by atoms with Crippen LogP contribution in [0.1, 0.15) is 37.1 Å². The van der Waals surface area contributed by atoms with Crippen LogP contribution in [0.25, 0.3) is 16.3 Å². The summed E-state index contributed by atoms with van der Waals surface area (Å²) in [5.74, 6) is -1.19. The van der Waals surface area contributed by atoms with Crippen molar-refractivity contribution in [3.05, 3.63) is 85.5 Å². The zero-order chi connectivity index (χ0) is 20.0. The summed E-state index contributed by atoms with van der Waals surface area (Å²) in [5, 5.41) is 0.114. The average molecular weight is 400 g/mol. The first-order valence-electron chi connectivity index (χ1n) is 8.99. The van der Waals surface area contributed by atoms with Gasteiger partial charge in [-0.05, 0) is 49.9 Å². The molecular weight excluding hydrogens is 382 g/mol. The molecule has 0 amide bonds. The Morgan fingerprint density at radius 3 is 2.79 bits per heavy atom. The van der Waals surface area contributed by atoms with E-state index in [-0.39, 0.29) is 29.0 Å². The van der Waals surface area contributed by atoms with Crippen LogP contribution in [0.3, 0.4) is 0 Å². The number of aromatic nitrogens is 2. The molecule has 1 fully saturated rings. The molecule has 0 aliphatic heterocycles. The number of halogens is 2. The van der Waals surface area contributed by atoms with E-state index in [2.05, 4.69) is 11.0 Å². The molecule has 4 rings (SSSR count). The van der Waals surface area contributed by atoms with E-state index < -0.39 is 22.6 Å². The third-order valence-corrected chi connectivity index (χ3v) is 5.87. The molecule has 0 aromatic carbocycles. The molecule has 2 aromatic heterocycles. The number of allylic oxidation sites excluding steroid dienone is 8. The Morgan fingerprint density at radius 1 is 1.39 bits per heavy atom. The lowest BCUT2D eigenvalue weighted by molar-refractivity contribution is 0.628. The smallest absolute Gasteiger partial charge is 0.271 e. The van der Waals surface area contributed by atoms with E-state index in [9.17, 15) is 18.4 Å². The summed E-state index contributed by atoms with van der Waals surface area (Å²) >= 11 is 1.10. The predicted molar refractivity (Wildman–Crippen MR) is 109 cm³/mol. The van der Waals surface area contributed by atoms with Crippen LogP contribution in [0.5, 0.6) is 0 Å². The largest absolute Gasteiger partial charge is 0.328 e. The molecule has 2 aliphatic carbocycles. The first-order chi connectivity index (χ1) is 13.5. The summed E-state index contributed by atoms with van der Waals surface area (Å²) in [6, 6.07) is 0.139. The minimum Gasteiger partial charge on any atom is -0.328 e. The van der Waals surface area contributed by atoms with Crippen LogP contribution in [0.2, 0.25) is 0 Å². The highest BCUT2D eigenvalue weighted by Crippen LogP contribution is 2.41. The fraction of sp³-hybridized carbons (Fsp3) is 0.238.